The van der Waals surface area contributed by atoms with Gasteiger partial charge in [-0.2, -0.15) is 0 Å². The average Bonchev–Trinajstić information content (AvgIpc) is 1.97. The van der Waals surface area contributed by atoms with E-state index >= 15 is 0 Å². The van der Waals surface area contributed by atoms with Crippen molar-refractivity contribution in [3.8, 4) is 0 Å². The van der Waals surface area contributed by atoms with E-state index in [1.807, 2.05) is 0 Å². The van der Waals surface area contributed by atoms with Crippen molar-refractivity contribution in [1.82, 2.24) is 0 Å². The summed E-state index contributed by atoms with van der Waals surface area (Å²) in [7, 11) is 0. The van der Waals surface area contributed by atoms with E-state index in [4.69, 9.17) is 0 Å². The molecule has 0 radical (unpaired) electrons. The SMILES string of the molecule is C.C.CC(C)=[N+](C(C)C)C(C)C.CC(C)=[NH+]C(C)C. The van der Waals surface area contributed by atoms with Crippen LogP contribution >= 0.6 is 0 Å². The monoisotopic (exact) mass is 274 g/mol. The van der Waals surface area contributed by atoms with Gasteiger partial charge >= 0.3 is 0 Å². The quantitative estimate of drug-likeness (QED) is 0.599. The van der Waals surface area contributed by atoms with Crippen LogP contribution in [0.15, 0.2) is 0 Å². The first-order valence-corrected chi connectivity index (χ1v) is 6.74. The zero-order chi connectivity index (χ0) is 14.2. The number of hydrogen-bond acceptors (Lipinski definition) is 0. The molecule has 0 spiro atoms. The lowest BCUT2D eigenvalue weighted by atomic mass is 10.2. The van der Waals surface area contributed by atoms with Crippen LogP contribution < -0.4 is 4.99 Å². The van der Waals surface area contributed by atoms with Gasteiger partial charge in [0.1, 0.15) is 29.5 Å². The van der Waals surface area contributed by atoms with Gasteiger partial charge in [-0.3, -0.25) is 0 Å². The van der Waals surface area contributed by atoms with Crippen molar-refractivity contribution < 1.29 is 9.57 Å². The van der Waals surface area contributed by atoms with E-state index in [0.717, 1.165) is 0 Å². The number of hydrogen-bond donors (Lipinski definition) is 1. The third-order valence-electron chi connectivity index (χ3n) is 2.21. The second-order valence-electron chi connectivity index (χ2n) is 5.84. The first kappa shape index (κ1) is 26.8. The van der Waals surface area contributed by atoms with E-state index in [1.54, 1.807) is 0 Å². The van der Waals surface area contributed by atoms with Crippen LogP contribution in [0.5, 0.6) is 0 Å². The zero-order valence-corrected chi connectivity index (χ0v) is 13.7. The van der Waals surface area contributed by atoms with E-state index in [9.17, 15) is 0 Å². The molecule has 0 aliphatic carbocycles. The molecular weight excluding hydrogens is 232 g/mol. The molecule has 2 heteroatoms. The lowest BCUT2D eigenvalue weighted by Crippen LogP contribution is -2.76. The van der Waals surface area contributed by atoms with Crippen LogP contribution in [0.25, 0.3) is 0 Å². The lowest BCUT2D eigenvalue weighted by Gasteiger charge is -2.12. The topological polar surface area (TPSA) is 17.0 Å². The highest BCUT2D eigenvalue weighted by Crippen LogP contribution is 1.97. The molecule has 0 saturated carbocycles. The summed E-state index contributed by atoms with van der Waals surface area (Å²) < 4.78 is 2.42. The third-order valence-corrected chi connectivity index (χ3v) is 2.21. The Morgan fingerprint density at radius 1 is 0.737 bits per heavy atom. The van der Waals surface area contributed by atoms with Crippen molar-refractivity contribution in [2.75, 3.05) is 0 Å². The van der Waals surface area contributed by atoms with Crippen LogP contribution in [0.3, 0.4) is 0 Å². The van der Waals surface area contributed by atoms with Gasteiger partial charge in [-0.25, -0.2) is 9.57 Å². The molecule has 0 aromatic heterocycles. The third kappa shape index (κ3) is 17.3. The van der Waals surface area contributed by atoms with Crippen molar-refractivity contribution >= 4 is 11.4 Å². The van der Waals surface area contributed by atoms with Gasteiger partial charge in [-0.05, 0) is 41.5 Å². The number of nitrogens with one attached hydrogen (secondary N) is 1. The molecule has 0 heterocycles. The van der Waals surface area contributed by atoms with Gasteiger partial charge in [-0.1, -0.05) is 14.9 Å². The zero-order valence-electron chi connectivity index (χ0n) is 13.7. The molecule has 0 aromatic rings. The average molecular weight is 275 g/mol. The maximum absolute atomic E-state index is 3.22. The maximum Gasteiger partial charge on any atom is 0.147 e. The minimum absolute atomic E-state index is 0. The summed E-state index contributed by atoms with van der Waals surface area (Å²) >= 11 is 0. The van der Waals surface area contributed by atoms with Crippen LogP contribution in [-0.4, -0.2) is 34.1 Å². The van der Waals surface area contributed by atoms with Gasteiger partial charge < -0.3 is 0 Å². The fourth-order valence-corrected chi connectivity index (χ4v) is 2.21. The molecule has 118 valence electrons. The molecule has 0 aliphatic rings. The van der Waals surface area contributed by atoms with E-state index in [-0.39, 0.29) is 14.9 Å². The Morgan fingerprint density at radius 3 is 1.05 bits per heavy atom. The van der Waals surface area contributed by atoms with Crippen LogP contribution in [0.2, 0.25) is 0 Å². The molecule has 0 atom stereocenters. The van der Waals surface area contributed by atoms with E-state index < -0.39 is 0 Å². The van der Waals surface area contributed by atoms with Crippen molar-refractivity contribution in [3.63, 3.8) is 0 Å². The highest BCUT2D eigenvalue weighted by molar-refractivity contribution is 5.74. The number of rotatable bonds is 3. The highest BCUT2D eigenvalue weighted by Gasteiger charge is 2.14. The Balaban J connectivity index is -0.000000112. The van der Waals surface area contributed by atoms with Gasteiger partial charge in [-0.15, -0.1) is 0 Å². The first-order valence-electron chi connectivity index (χ1n) is 6.74. The molecule has 0 bridgehead atoms. The molecule has 0 rings (SSSR count). The van der Waals surface area contributed by atoms with E-state index in [1.165, 1.54) is 11.4 Å². The second kappa shape index (κ2) is 13.8. The maximum atomic E-state index is 3.22. The molecule has 0 fully saturated rings. The van der Waals surface area contributed by atoms with Gasteiger partial charge in [0.05, 0.1) is 0 Å². The Hall–Kier alpha value is -0.660. The second-order valence-corrected chi connectivity index (χ2v) is 5.84. The summed E-state index contributed by atoms with van der Waals surface area (Å²) in [6.07, 6.45) is 0. The smallest absolute Gasteiger partial charge is 0.147 e. The van der Waals surface area contributed by atoms with Gasteiger partial charge in [0.15, 0.2) is 0 Å². The fourth-order valence-electron chi connectivity index (χ4n) is 2.21. The van der Waals surface area contributed by atoms with Crippen LogP contribution in [-0.2, 0) is 0 Å². The van der Waals surface area contributed by atoms with Crippen molar-refractivity contribution in [1.29, 1.82) is 0 Å². The minimum Gasteiger partial charge on any atom is -0.248 e. The lowest BCUT2D eigenvalue weighted by molar-refractivity contribution is -0.588. The molecule has 0 unspecified atom stereocenters. The largest absolute Gasteiger partial charge is 0.248 e. The van der Waals surface area contributed by atoms with Gasteiger partial charge in [0.2, 0.25) is 0 Å². The van der Waals surface area contributed by atoms with Crippen molar-refractivity contribution in [2.45, 2.75) is 102 Å². The molecule has 0 aromatic carbocycles. The van der Waals surface area contributed by atoms with Crippen LogP contribution in [0.4, 0.5) is 0 Å². The van der Waals surface area contributed by atoms with E-state index in [0.29, 0.717) is 18.1 Å². The highest BCUT2D eigenvalue weighted by atomic mass is 15.1. The van der Waals surface area contributed by atoms with Crippen LogP contribution in [0.1, 0.15) is 84.1 Å². The number of nitrogens with zero attached hydrogens (tertiary/aromatic N) is 1. The Kier molecular flexibility index (Phi) is 19.4. The minimum atomic E-state index is 0. The molecule has 0 saturated heterocycles. The van der Waals surface area contributed by atoms with E-state index in [2.05, 4.69) is 78.8 Å². The Labute approximate surface area is 124 Å². The normalized spacial score (nSPS) is 9.11. The Bertz CT molecular complexity index is 240. The molecule has 19 heavy (non-hydrogen) atoms. The standard InChI is InChI=1S/C9H20N.C6H13N.2CH4/c1-7(2)10(8(3)4)9(5)6;1-5(2)7-6(3)4;;/h7-8H,1-6H3;5H,1-4H3;2*1H4/q+1;;;/p+1. The summed E-state index contributed by atoms with van der Waals surface area (Å²) in [6, 6.07) is 1.85. The summed E-state index contributed by atoms with van der Waals surface area (Å²) in [5.74, 6) is 0. The molecule has 2 nitrogen and oxygen atoms in total. The predicted octanol–water partition coefficient (Wildman–Crippen LogP) is 3.52. The van der Waals surface area contributed by atoms with Gasteiger partial charge in [0.25, 0.3) is 0 Å². The molecule has 0 aliphatic heterocycles. The van der Waals surface area contributed by atoms with Crippen molar-refractivity contribution in [2.24, 2.45) is 0 Å². The van der Waals surface area contributed by atoms with Crippen LogP contribution in [0, 0.1) is 0 Å². The summed E-state index contributed by atoms with van der Waals surface area (Å²) in [6.45, 7) is 21.7. The summed E-state index contributed by atoms with van der Waals surface area (Å²) in [5.41, 5.74) is 2.69. The molecule has 1 N–H and O–H groups in total. The molecular formula is C17H42N2+2. The molecule has 0 amide bonds. The predicted molar refractivity (Wildman–Crippen MR) is 92.8 cm³/mol. The van der Waals surface area contributed by atoms with Gasteiger partial charge in [0, 0.05) is 27.7 Å². The summed E-state index contributed by atoms with van der Waals surface area (Å²) in [4.78, 5) is 3.22. The first-order chi connectivity index (χ1) is 7.59. The summed E-state index contributed by atoms with van der Waals surface area (Å²) in [5, 5.41) is 0. The van der Waals surface area contributed by atoms with Crippen molar-refractivity contribution in [3.05, 3.63) is 0 Å². The fraction of sp³-hybridized carbons (Fsp3) is 0.882. The Morgan fingerprint density at radius 2 is 1.05 bits per heavy atom.